The summed E-state index contributed by atoms with van der Waals surface area (Å²) in [5.41, 5.74) is -2.08. The number of ketones is 2. The molecule has 3 rings (SSSR count). The number of anilines is 1. The van der Waals surface area contributed by atoms with Gasteiger partial charge in [-0.1, -0.05) is 6.08 Å². The Balaban J connectivity index is 2.00. The van der Waals surface area contributed by atoms with Gasteiger partial charge in [-0.05, 0) is 38.7 Å². The van der Waals surface area contributed by atoms with Gasteiger partial charge in [0.2, 0.25) is 0 Å². The lowest BCUT2D eigenvalue weighted by atomic mass is 9.66. The van der Waals surface area contributed by atoms with Gasteiger partial charge in [0.05, 0.1) is 54.1 Å². The zero-order chi connectivity index (χ0) is 34.6. The Morgan fingerprint density at radius 2 is 1.80 bits per heavy atom. The van der Waals surface area contributed by atoms with E-state index in [0.29, 0.717) is 34.5 Å². The third kappa shape index (κ3) is 7.76. The first kappa shape index (κ1) is 36.6. The van der Waals surface area contributed by atoms with Crippen LogP contribution in [-0.2, 0) is 32.1 Å². The normalized spacial score (nSPS) is 20.3. The van der Waals surface area contributed by atoms with Crippen molar-refractivity contribution in [2.24, 2.45) is 5.92 Å². The number of hydrogen-bond donors (Lipinski definition) is 7. The van der Waals surface area contributed by atoms with E-state index >= 15 is 0 Å². The predicted octanol–water partition coefficient (Wildman–Crippen LogP) is -0.119. The van der Waals surface area contributed by atoms with E-state index in [-0.39, 0.29) is 30.9 Å². The van der Waals surface area contributed by atoms with E-state index in [4.69, 9.17) is 4.74 Å². The smallest absolute Gasteiger partial charge is 0.337 e. The van der Waals surface area contributed by atoms with Crippen molar-refractivity contribution in [3.05, 3.63) is 46.2 Å². The molecule has 14 nitrogen and oxygen atoms in total. The molecule has 254 valence electrons. The molecule has 0 saturated heterocycles. The predicted molar refractivity (Wildman–Crippen MR) is 166 cm³/mol. The number of aromatic hydroxyl groups is 1. The Hall–Kier alpha value is -3.82. The molecule has 4 unspecified atom stereocenters. The fourth-order valence-corrected chi connectivity index (χ4v) is 6.46. The molecule has 0 bridgehead atoms. The minimum Gasteiger partial charge on any atom is -0.507 e. The number of Topliss-reactive ketones (excluding diaryl/α,β-unsaturated/α-hetero) is 2. The summed E-state index contributed by atoms with van der Waals surface area (Å²) in [5.74, 6) is -5.56. The maximum absolute atomic E-state index is 13.7. The molecule has 0 spiro atoms. The molecular weight excluding hydrogens is 602 g/mol. The number of carbonyl (C=O) groups excluding carboxylic acids is 3. The zero-order valence-corrected chi connectivity index (χ0v) is 26.9. The number of carbonyl (C=O) groups is 4. The second-order valence-corrected chi connectivity index (χ2v) is 12.4. The highest BCUT2D eigenvalue weighted by molar-refractivity contribution is 6.04. The van der Waals surface area contributed by atoms with Crippen molar-refractivity contribution in [3.63, 3.8) is 0 Å². The van der Waals surface area contributed by atoms with E-state index in [9.17, 15) is 49.8 Å². The molecule has 1 aromatic rings. The molecule has 4 atom stereocenters. The number of hydrogen-bond acceptors (Lipinski definition) is 13. The number of phenolic OH excluding ortho intramolecular Hbond substituents is 1. The van der Waals surface area contributed by atoms with Gasteiger partial charge in [-0.2, -0.15) is 0 Å². The van der Waals surface area contributed by atoms with Gasteiger partial charge in [0, 0.05) is 63.3 Å². The van der Waals surface area contributed by atoms with Gasteiger partial charge in [-0.15, -0.1) is 0 Å². The van der Waals surface area contributed by atoms with Crippen LogP contribution >= 0.6 is 0 Å². The number of nitrogens with one attached hydrogen (secondary N) is 1. The maximum Gasteiger partial charge on any atom is 0.337 e. The van der Waals surface area contributed by atoms with Crippen molar-refractivity contribution in [2.75, 3.05) is 52.9 Å². The fourth-order valence-electron chi connectivity index (χ4n) is 6.46. The number of aliphatic hydroxyl groups is 4. The fraction of sp³-hybridized carbons (Fsp3) is 0.562. The van der Waals surface area contributed by atoms with Crippen molar-refractivity contribution < 1.29 is 54.6 Å². The summed E-state index contributed by atoms with van der Waals surface area (Å²) in [6.07, 6.45) is 1.31. The van der Waals surface area contributed by atoms with Gasteiger partial charge in [0.25, 0.3) is 0 Å². The first-order valence-electron chi connectivity index (χ1n) is 15.0. The average Bonchev–Trinajstić information content (AvgIpc) is 3.41. The number of aliphatic hydroxyl groups excluding tert-OH is 2. The van der Waals surface area contributed by atoms with Crippen molar-refractivity contribution in [1.82, 2.24) is 10.2 Å². The van der Waals surface area contributed by atoms with Crippen molar-refractivity contribution >= 4 is 29.2 Å². The van der Waals surface area contributed by atoms with Crippen LogP contribution in [-0.4, -0.2) is 124 Å². The number of allylic oxidation sites excluding steroid dienone is 1. The van der Waals surface area contributed by atoms with E-state index in [0.717, 1.165) is 0 Å². The molecule has 0 radical (unpaired) electrons. The first-order valence-corrected chi connectivity index (χ1v) is 15.0. The molecule has 0 aliphatic heterocycles. The Morgan fingerprint density at radius 1 is 1.13 bits per heavy atom. The summed E-state index contributed by atoms with van der Waals surface area (Å²) in [5, 5.41) is 68.0. The van der Waals surface area contributed by atoms with Crippen LogP contribution in [0.25, 0.3) is 0 Å². The number of nitrogens with zero attached hydrogens (tertiary/aromatic N) is 2. The molecule has 0 fully saturated rings. The van der Waals surface area contributed by atoms with E-state index in [1.807, 2.05) is 0 Å². The number of fused-ring (bicyclic) bond motifs is 1. The number of esters is 1. The number of likely N-dealkylation sites (N-methyl/N-ethyl adjacent to an activating group) is 1. The van der Waals surface area contributed by atoms with Gasteiger partial charge >= 0.3 is 11.9 Å². The first-order chi connectivity index (χ1) is 21.5. The standard InChI is InChI=1S/C32H45N3O11/c1-6-46-30(43)18-7-8-20(9-18)33-14-19-10-23(34(2)3)21-12-31(44,13-25(39)28(21)29(19)42)17-32(45,26(16-37)35(4)5)22(15-36)24(38)11-27(40)41/h7,9-10,22,26,33,36-37,42,44-45H,6,8,11-17H2,1-5H3,(H,40,41). The molecule has 14 heteroatoms. The molecular formula is C32H45N3O11. The van der Waals surface area contributed by atoms with E-state index in [2.05, 4.69) is 5.32 Å². The monoisotopic (exact) mass is 647 g/mol. The Bertz CT molecular complexity index is 1420. The number of ether oxygens (including phenoxy) is 1. The van der Waals surface area contributed by atoms with Gasteiger partial charge in [-0.25, -0.2) is 4.79 Å². The van der Waals surface area contributed by atoms with Crippen molar-refractivity contribution in [3.8, 4) is 5.75 Å². The lowest BCUT2D eigenvalue weighted by molar-refractivity contribution is -0.164. The average molecular weight is 648 g/mol. The SMILES string of the molecule is CCOC(=O)C1=CCC(NCc2cc(N(C)C)c3c(c2O)C(=O)CC(O)(CC(O)(C(CO)C(=O)CC(=O)O)C(CO)N(C)C)C3)=C1. The van der Waals surface area contributed by atoms with Crippen LogP contribution in [0, 0.1) is 5.92 Å². The second kappa shape index (κ2) is 14.7. The summed E-state index contributed by atoms with van der Waals surface area (Å²) in [4.78, 5) is 53.1. The summed E-state index contributed by atoms with van der Waals surface area (Å²) in [6.45, 7) is 0.381. The highest BCUT2D eigenvalue weighted by Gasteiger charge is 2.54. The maximum atomic E-state index is 13.7. The number of phenols is 1. The summed E-state index contributed by atoms with van der Waals surface area (Å²) in [7, 11) is 6.43. The Labute approximate surface area is 267 Å². The van der Waals surface area contributed by atoms with E-state index in [1.165, 1.54) is 19.0 Å². The molecule has 2 aliphatic rings. The Morgan fingerprint density at radius 3 is 2.35 bits per heavy atom. The van der Waals surface area contributed by atoms with E-state index < -0.39 is 79.1 Å². The lowest BCUT2D eigenvalue weighted by Gasteiger charge is -2.48. The molecule has 2 aliphatic carbocycles. The third-order valence-corrected chi connectivity index (χ3v) is 8.59. The number of carboxylic acids is 1. The van der Waals surface area contributed by atoms with Crippen LogP contribution in [0.1, 0.15) is 54.1 Å². The van der Waals surface area contributed by atoms with Crippen LogP contribution in [0.3, 0.4) is 0 Å². The highest BCUT2D eigenvalue weighted by Crippen LogP contribution is 2.45. The quantitative estimate of drug-likeness (QED) is 0.0920. The second-order valence-electron chi connectivity index (χ2n) is 12.4. The highest BCUT2D eigenvalue weighted by atomic mass is 16.5. The molecule has 0 saturated carbocycles. The number of carboxylic acid groups (broad SMARTS) is 1. The van der Waals surface area contributed by atoms with Crippen LogP contribution < -0.4 is 10.2 Å². The molecule has 0 amide bonds. The van der Waals surface area contributed by atoms with Crippen LogP contribution in [0.4, 0.5) is 5.69 Å². The summed E-state index contributed by atoms with van der Waals surface area (Å²) in [6, 6.07) is 0.423. The van der Waals surface area contributed by atoms with Crippen LogP contribution in [0.5, 0.6) is 5.75 Å². The minimum absolute atomic E-state index is 0.00562. The number of rotatable bonds is 16. The molecule has 7 N–H and O–H groups in total. The molecule has 46 heavy (non-hydrogen) atoms. The number of benzene rings is 1. The lowest BCUT2D eigenvalue weighted by Crippen LogP contribution is -2.63. The summed E-state index contributed by atoms with van der Waals surface area (Å²) < 4.78 is 5.03. The largest absolute Gasteiger partial charge is 0.507 e. The van der Waals surface area contributed by atoms with Crippen LogP contribution in [0.15, 0.2) is 29.5 Å². The number of aliphatic carboxylic acids is 1. The molecule has 0 heterocycles. The van der Waals surface area contributed by atoms with Crippen LogP contribution in [0.2, 0.25) is 0 Å². The third-order valence-electron chi connectivity index (χ3n) is 8.59. The Kier molecular flexibility index (Phi) is 11.7. The van der Waals surface area contributed by atoms with Gasteiger partial charge in [0.15, 0.2) is 11.6 Å². The summed E-state index contributed by atoms with van der Waals surface area (Å²) >= 11 is 0. The van der Waals surface area contributed by atoms with Crippen molar-refractivity contribution in [2.45, 2.75) is 62.8 Å². The van der Waals surface area contributed by atoms with Gasteiger partial charge in [-0.3, -0.25) is 14.4 Å². The van der Waals surface area contributed by atoms with Gasteiger partial charge in [0.1, 0.15) is 12.2 Å². The molecule has 1 aromatic carbocycles. The zero-order valence-electron chi connectivity index (χ0n) is 26.9. The van der Waals surface area contributed by atoms with Crippen molar-refractivity contribution in [1.29, 1.82) is 0 Å². The minimum atomic E-state index is -2.36. The topological polar surface area (TPSA) is 217 Å². The van der Waals surface area contributed by atoms with E-state index in [1.54, 1.807) is 44.1 Å². The van der Waals surface area contributed by atoms with Gasteiger partial charge < -0.3 is 50.5 Å². The molecule has 0 aromatic heterocycles.